The van der Waals surface area contributed by atoms with Crippen molar-refractivity contribution in [3.05, 3.63) is 64.8 Å². The molecule has 0 amide bonds. The topological polar surface area (TPSA) is 65.4 Å². The normalized spacial score (nSPS) is 11.6. The maximum absolute atomic E-state index is 13.1. The smallest absolute Gasteiger partial charge is 0.357 e. The maximum Gasteiger partial charge on any atom is 0.357 e. The highest BCUT2D eigenvalue weighted by Crippen LogP contribution is 2.34. The van der Waals surface area contributed by atoms with Gasteiger partial charge in [0.1, 0.15) is 0 Å². The Kier molecular flexibility index (Phi) is 4.11. The number of nitrogens with zero attached hydrogens (tertiary/aromatic N) is 1. The van der Waals surface area contributed by atoms with Gasteiger partial charge in [0.15, 0.2) is 5.69 Å². The Morgan fingerprint density at radius 2 is 1.71 bits per heavy atom. The predicted octanol–water partition coefficient (Wildman–Crippen LogP) is 3.63. The molecule has 0 spiro atoms. The third kappa shape index (κ3) is 2.48. The summed E-state index contributed by atoms with van der Waals surface area (Å²) in [7, 11) is -2.84. The fraction of sp³-hybridized carbons (Fsp3) is 0.118. The quantitative estimate of drug-likeness (QED) is 0.666. The molecule has 2 aromatic carbocycles. The van der Waals surface area contributed by atoms with Gasteiger partial charge < -0.3 is 4.74 Å². The molecule has 0 fully saturated rings. The van der Waals surface area contributed by atoms with Gasteiger partial charge in [-0.05, 0) is 25.1 Å². The Balaban J connectivity index is 2.40. The lowest BCUT2D eigenvalue weighted by molar-refractivity contribution is 0.0593. The molecule has 3 aromatic rings. The van der Waals surface area contributed by atoms with E-state index >= 15 is 0 Å². The van der Waals surface area contributed by atoms with Gasteiger partial charge in [0.2, 0.25) is 0 Å². The fourth-order valence-corrected chi connectivity index (χ4v) is 4.39. The second-order valence-corrected chi connectivity index (χ2v) is 7.42. The summed E-state index contributed by atoms with van der Waals surface area (Å²) in [6, 6.07) is 13.0. The van der Waals surface area contributed by atoms with E-state index in [0.717, 1.165) is 9.54 Å². The molecule has 0 aliphatic rings. The van der Waals surface area contributed by atoms with Crippen molar-refractivity contribution in [2.75, 3.05) is 7.11 Å². The number of hydrogen-bond donors (Lipinski definition) is 0. The van der Waals surface area contributed by atoms with Crippen LogP contribution in [0, 0.1) is 6.92 Å². The van der Waals surface area contributed by atoms with Crippen LogP contribution in [-0.2, 0) is 14.8 Å². The lowest BCUT2D eigenvalue weighted by atomic mass is 10.2. The Morgan fingerprint density at radius 3 is 2.33 bits per heavy atom. The number of rotatable bonds is 3. The number of esters is 1. The van der Waals surface area contributed by atoms with Crippen LogP contribution in [0.4, 0.5) is 0 Å². The van der Waals surface area contributed by atoms with Crippen molar-refractivity contribution < 1.29 is 17.9 Å². The third-order valence-corrected chi connectivity index (χ3v) is 5.82. The number of aromatic nitrogens is 1. The summed E-state index contributed by atoms with van der Waals surface area (Å²) in [5.41, 5.74) is 1.04. The number of halogens is 1. The van der Waals surface area contributed by atoms with Crippen LogP contribution in [-0.4, -0.2) is 25.5 Å². The summed E-state index contributed by atoms with van der Waals surface area (Å²) in [5.74, 6) is -0.813. The van der Waals surface area contributed by atoms with E-state index in [2.05, 4.69) is 0 Å². The molecule has 0 aliphatic carbocycles. The molecule has 7 heteroatoms. The van der Waals surface area contributed by atoms with Crippen LogP contribution in [0.25, 0.3) is 10.9 Å². The second kappa shape index (κ2) is 5.96. The SMILES string of the molecule is COC(=O)c1c(Cl)c2ccccc2n1S(=O)(=O)c1ccc(C)cc1. The van der Waals surface area contributed by atoms with Gasteiger partial charge in [0.25, 0.3) is 10.0 Å². The molecule has 0 radical (unpaired) electrons. The van der Waals surface area contributed by atoms with Gasteiger partial charge in [0, 0.05) is 5.39 Å². The van der Waals surface area contributed by atoms with Gasteiger partial charge in [-0.25, -0.2) is 17.2 Å². The Bertz CT molecular complexity index is 1040. The van der Waals surface area contributed by atoms with Crippen LogP contribution in [0.2, 0.25) is 5.02 Å². The van der Waals surface area contributed by atoms with E-state index in [1.807, 2.05) is 6.92 Å². The predicted molar refractivity (Wildman–Crippen MR) is 92.1 cm³/mol. The first-order valence-corrected chi connectivity index (χ1v) is 8.89. The number of para-hydroxylation sites is 1. The van der Waals surface area contributed by atoms with Gasteiger partial charge in [-0.15, -0.1) is 0 Å². The zero-order chi connectivity index (χ0) is 17.5. The molecule has 5 nitrogen and oxygen atoms in total. The van der Waals surface area contributed by atoms with Gasteiger partial charge in [0.05, 0.1) is 22.5 Å². The van der Waals surface area contributed by atoms with E-state index in [1.165, 1.54) is 19.2 Å². The minimum Gasteiger partial charge on any atom is -0.464 e. The summed E-state index contributed by atoms with van der Waals surface area (Å²) in [4.78, 5) is 12.2. The molecule has 0 saturated heterocycles. The van der Waals surface area contributed by atoms with E-state index in [9.17, 15) is 13.2 Å². The van der Waals surface area contributed by atoms with Crippen molar-refractivity contribution in [3.63, 3.8) is 0 Å². The highest BCUT2D eigenvalue weighted by molar-refractivity contribution is 7.90. The average molecular weight is 364 g/mol. The number of carbonyl (C=O) groups is 1. The summed E-state index contributed by atoms with van der Waals surface area (Å²) in [6.07, 6.45) is 0. The number of carbonyl (C=O) groups excluding carboxylic acids is 1. The molecular weight excluding hydrogens is 350 g/mol. The molecule has 0 unspecified atom stereocenters. The van der Waals surface area contributed by atoms with Crippen LogP contribution < -0.4 is 0 Å². The van der Waals surface area contributed by atoms with Crippen LogP contribution in [0.3, 0.4) is 0 Å². The van der Waals surface area contributed by atoms with Crippen LogP contribution in [0.5, 0.6) is 0 Å². The first-order chi connectivity index (χ1) is 11.4. The Morgan fingerprint density at radius 1 is 1.08 bits per heavy atom. The minimum absolute atomic E-state index is 0.0492. The number of ether oxygens (including phenoxy) is 1. The summed E-state index contributed by atoms with van der Waals surface area (Å²) >= 11 is 6.27. The number of hydrogen-bond acceptors (Lipinski definition) is 4. The molecule has 1 aromatic heterocycles. The third-order valence-electron chi connectivity index (χ3n) is 3.71. The van der Waals surface area contributed by atoms with E-state index in [-0.39, 0.29) is 15.6 Å². The van der Waals surface area contributed by atoms with Gasteiger partial charge >= 0.3 is 5.97 Å². The van der Waals surface area contributed by atoms with Crippen molar-refractivity contribution in [2.24, 2.45) is 0 Å². The lowest BCUT2D eigenvalue weighted by Gasteiger charge is -2.11. The zero-order valence-electron chi connectivity index (χ0n) is 13.0. The molecular formula is C17H14ClNO4S. The second-order valence-electron chi connectivity index (χ2n) is 5.25. The Labute approximate surface area is 144 Å². The van der Waals surface area contributed by atoms with Gasteiger partial charge in [-0.2, -0.15) is 0 Å². The largest absolute Gasteiger partial charge is 0.464 e. The highest BCUT2D eigenvalue weighted by atomic mass is 35.5. The number of benzene rings is 2. The molecule has 124 valence electrons. The first-order valence-electron chi connectivity index (χ1n) is 7.07. The highest BCUT2D eigenvalue weighted by Gasteiger charge is 2.30. The monoisotopic (exact) mass is 363 g/mol. The molecule has 3 rings (SSSR count). The molecule has 1 heterocycles. The maximum atomic E-state index is 13.1. The van der Waals surface area contributed by atoms with Crippen molar-refractivity contribution in [1.82, 2.24) is 3.97 Å². The van der Waals surface area contributed by atoms with Gasteiger partial charge in [-0.3, -0.25) is 0 Å². The summed E-state index contributed by atoms with van der Waals surface area (Å²) in [5, 5.41) is 0.517. The van der Waals surface area contributed by atoms with Crippen molar-refractivity contribution in [3.8, 4) is 0 Å². The standard InChI is InChI=1S/C17H14ClNO4S/c1-11-7-9-12(10-8-11)24(21,22)19-14-6-4-3-5-13(14)15(18)16(19)17(20)23-2/h3-10H,1-2H3. The minimum atomic E-state index is -4.02. The van der Waals surface area contributed by atoms with Crippen LogP contribution in [0.15, 0.2) is 53.4 Å². The number of methoxy groups -OCH3 is 1. The number of fused-ring (bicyclic) bond motifs is 1. The van der Waals surface area contributed by atoms with Crippen molar-refractivity contribution in [2.45, 2.75) is 11.8 Å². The molecule has 0 atom stereocenters. The van der Waals surface area contributed by atoms with E-state index < -0.39 is 16.0 Å². The fourth-order valence-electron chi connectivity index (χ4n) is 2.51. The lowest BCUT2D eigenvalue weighted by Crippen LogP contribution is -2.19. The summed E-state index contributed by atoms with van der Waals surface area (Å²) < 4.78 is 31.9. The first kappa shape index (κ1) is 16.5. The van der Waals surface area contributed by atoms with E-state index in [0.29, 0.717) is 10.9 Å². The Hall–Kier alpha value is -2.31. The molecule has 0 N–H and O–H groups in total. The van der Waals surface area contributed by atoms with E-state index in [1.54, 1.807) is 36.4 Å². The molecule has 0 saturated carbocycles. The van der Waals surface area contributed by atoms with Crippen LogP contribution >= 0.6 is 11.6 Å². The van der Waals surface area contributed by atoms with E-state index in [4.69, 9.17) is 16.3 Å². The van der Waals surface area contributed by atoms with Crippen molar-refractivity contribution >= 4 is 38.5 Å². The zero-order valence-corrected chi connectivity index (χ0v) is 14.6. The molecule has 0 bridgehead atoms. The number of aryl methyl sites for hydroxylation is 1. The average Bonchev–Trinajstić information content (AvgIpc) is 2.88. The summed E-state index contributed by atoms with van der Waals surface area (Å²) in [6.45, 7) is 1.86. The van der Waals surface area contributed by atoms with Crippen LogP contribution in [0.1, 0.15) is 16.1 Å². The van der Waals surface area contributed by atoms with Gasteiger partial charge in [-0.1, -0.05) is 47.5 Å². The molecule has 24 heavy (non-hydrogen) atoms. The van der Waals surface area contributed by atoms with Crippen molar-refractivity contribution in [1.29, 1.82) is 0 Å². The molecule has 0 aliphatic heterocycles.